The number of fused-ring (bicyclic) bond motifs is 5. The molecule has 0 unspecified atom stereocenters. The number of hydrogen-bond donors (Lipinski definition) is 0. The Morgan fingerprint density at radius 3 is 1.29 bits per heavy atom. The molecule has 49 heavy (non-hydrogen) atoms. The number of rotatable bonds is 3. The van der Waals surface area contributed by atoms with Crippen molar-refractivity contribution in [2.45, 2.75) is 71.6 Å². The maximum atomic E-state index is 2.43. The van der Waals surface area contributed by atoms with Crippen molar-refractivity contribution >= 4 is 38.9 Å². The second-order valence-corrected chi connectivity index (χ2v) is 16.4. The van der Waals surface area contributed by atoms with Gasteiger partial charge in [0.15, 0.2) is 0 Å². The summed E-state index contributed by atoms with van der Waals surface area (Å²) in [5, 5.41) is 2.63. The Labute approximate surface area is 291 Å². The minimum atomic E-state index is -0.0640. The molecule has 7 aromatic rings. The van der Waals surface area contributed by atoms with Gasteiger partial charge in [0.05, 0.1) is 22.4 Å². The fraction of sp³-hybridized carbons (Fsp3) is 0.234. The van der Waals surface area contributed by atoms with Crippen LogP contribution in [0.4, 0.5) is 17.1 Å². The van der Waals surface area contributed by atoms with Gasteiger partial charge in [0.25, 0.3) is 0 Å². The summed E-state index contributed by atoms with van der Waals surface area (Å²) in [7, 11) is 0. The highest BCUT2D eigenvalue weighted by Gasteiger charge is 2.36. The summed E-state index contributed by atoms with van der Waals surface area (Å²) in [5.74, 6) is 0. The smallest absolute Gasteiger partial charge is 0.0541 e. The van der Waals surface area contributed by atoms with Gasteiger partial charge < -0.3 is 9.47 Å². The van der Waals surface area contributed by atoms with Crippen molar-refractivity contribution in [2.24, 2.45) is 0 Å². The zero-order chi connectivity index (χ0) is 34.3. The van der Waals surface area contributed by atoms with Crippen LogP contribution in [0.2, 0.25) is 0 Å². The normalized spacial score (nSPS) is 14.2. The van der Waals surface area contributed by atoms with Gasteiger partial charge in [0.2, 0.25) is 0 Å². The lowest BCUT2D eigenvalue weighted by Crippen LogP contribution is -2.30. The van der Waals surface area contributed by atoms with Gasteiger partial charge in [-0.15, -0.1) is 0 Å². The molecule has 0 saturated carbocycles. The molecule has 0 amide bonds. The Balaban J connectivity index is 1.18. The third-order valence-corrected chi connectivity index (χ3v) is 10.7. The molecule has 0 aliphatic carbocycles. The highest BCUT2D eigenvalue weighted by atomic mass is 15.2. The van der Waals surface area contributed by atoms with Crippen molar-refractivity contribution in [2.75, 3.05) is 4.90 Å². The fourth-order valence-corrected chi connectivity index (χ4v) is 7.79. The Hall–Kier alpha value is -5.08. The van der Waals surface area contributed by atoms with Crippen LogP contribution in [0, 0.1) is 0 Å². The molecule has 6 aromatic carbocycles. The number of hydrogen-bond acceptors (Lipinski definition) is 1. The van der Waals surface area contributed by atoms with Gasteiger partial charge in [-0.25, -0.2) is 0 Å². The molecular weight excluding hydrogens is 593 g/mol. The Morgan fingerprint density at radius 1 is 0.449 bits per heavy atom. The van der Waals surface area contributed by atoms with Crippen molar-refractivity contribution in [3.8, 4) is 16.8 Å². The van der Waals surface area contributed by atoms with Crippen LogP contribution >= 0.6 is 0 Å². The van der Waals surface area contributed by atoms with Crippen LogP contribution in [-0.2, 0) is 16.2 Å². The van der Waals surface area contributed by atoms with Gasteiger partial charge in [-0.1, -0.05) is 128 Å². The molecule has 2 heteroatoms. The molecule has 244 valence electrons. The molecule has 1 aromatic heterocycles. The van der Waals surface area contributed by atoms with E-state index in [1.54, 1.807) is 0 Å². The Morgan fingerprint density at radius 2 is 0.857 bits per heavy atom. The first kappa shape index (κ1) is 31.2. The van der Waals surface area contributed by atoms with Crippen molar-refractivity contribution in [1.29, 1.82) is 0 Å². The van der Waals surface area contributed by atoms with E-state index in [-0.39, 0.29) is 16.2 Å². The summed E-state index contributed by atoms with van der Waals surface area (Å²) in [5.41, 5.74) is 15.3. The number of nitrogens with zero attached hydrogens (tertiary/aromatic N) is 2. The molecule has 1 aliphatic rings. The summed E-state index contributed by atoms with van der Waals surface area (Å²) in [6, 6.07) is 49.9. The lowest BCUT2D eigenvalue weighted by atomic mass is 9.73. The zero-order valence-electron chi connectivity index (χ0n) is 30.1. The summed E-state index contributed by atoms with van der Waals surface area (Å²) < 4.78 is 2.43. The van der Waals surface area contributed by atoms with Gasteiger partial charge in [-0.2, -0.15) is 0 Å². The number of para-hydroxylation sites is 2. The highest BCUT2D eigenvalue weighted by Crippen LogP contribution is 2.51. The van der Waals surface area contributed by atoms with Crippen LogP contribution < -0.4 is 4.90 Å². The maximum Gasteiger partial charge on any atom is 0.0541 e. The Bertz CT molecular complexity index is 2230. The van der Waals surface area contributed by atoms with E-state index in [1.807, 2.05) is 0 Å². The maximum absolute atomic E-state index is 2.43. The van der Waals surface area contributed by atoms with Gasteiger partial charge >= 0.3 is 0 Å². The van der Waals surface area contributed by atoms with Crippen molar-refractivity contribution < 1.29 is 0 Å². The summed E-state index contributed by atoms with van der Waals surface area (Å²) >= 11 is 0. The first-order valence-corrected chi connectivity index (χ1v) is 17.6. The quantitative estimate of drug-likeness (QED) is 0.187. The highest BCUT2D eigenvalue weighted by molar-refractivity contribution is 6.10. The third kappa shape index (κ3) is 5.08. The van der Waals surface area contributed by atoms with E-state index >= 15 is 0 Å². The largest absolute Gasteiger partial charge is 0.310 e. The molecule has 0 bridgehead atoms. The van der Waals surface area contributed by atoms with Gasteiger partial charge in [0.1, 0.15) is 0 Å². The minimum absolute atomic E-state index is 0.0640. The third-order valence-electron chi connectivity index (χ3n) is 10.7. The second-order valence-electron chi connectivity index (χ2n) is 16.4. The predicted octanol–water partition coefficient (Wildman–Crippen LogP) is 13.2. The van der Waals surface area contributed by atoms with Crippen LogP contribution in [0.3, 0.4) is 0 Å². The molecule has 0 spiro atoms. The SMILES string of the molecule is CC(C)(C)c1ccc2c(c1)c1cc(C(C)(C)C)ccc1n2-c1ccc(-c2ccc(N3c4ccccc4C(C)(C)c4ccccc43)cc2)cc1. The van der Waals surface area contributed by atoms with Crippen LogP contribution in [-0.4, -0.2) is 4.57 Å². The molecule has 1 aliphatic heterocycles. The van der Waals surface area contributed by atoms with E-state index < -0.39 is 0 Å². The molecule has 8 rings (SSSR count). The number of aromatic nitrogens is 1. The Kier molecular flexibility index (Phi) is 6.99. The summed E-state index contributed by atoms with van der Waals surface area (Å²) in [6.45, 7) is 18.4. The predicted molar refractivity (Wildman–Crippen MR) is 210 cm³/mol. The standard InChI is InChI=1S/C47H46N2/c1-45(2,3)33-21-27-41-37(29-33)38-30-34(46(4,5)6)22-28-42(38)48(41)35-23-17-31(18-24-35)32-19-25-36(26-20-32)49-43-15-11-9-13-39(43)47(7,8)40-14-10-12-16-44(40)49/h9-30H,1-8H3. The number of anilines is 3. The van der Waals surface area contributed by atoms with E-state index in [4.69, 9.17) is 0 Å². The molecule has 0 fully saturated rings. The second kappa shape index (κ2) is 11.0. The van der Waals surface area contributed by atoms with E-state index in [0.717, 1.165) is 0 Å². The van der Waals surface area contributed by atoms with Crippen molar-refractivity contribution in [3.63, 3.8) is 0 Å². The molecular formula is C47H46N2. The van der Waals surface area contributed by atoms with Crippen LogP contribution in [0.1, 0.15) is 77.6 Å². The first-order chi connectivity index (χ1) is 23.3. The average molecular weight is 639 g/mol. The van der Waals surface area contributed by atoms with E-state index in [1.165, 1.54) is 77.9 Å². The van der Waals surface area contributed by atoms with Crippen LogP contribution in [0.15, 0.2) is 133 Å². The first-order valence-electron chi connectivity index (χ1n) is 17.6. The molecule has 0 atom stereocenters. The van der Waals surface area contributed by atoms with Gasteiger partial charge in [0, 0.05) is 27.6 Å². The molecule has 2 heterocycles. The molecule has 2 nitrogen and oxygen atoms in total. The monoisotopic (exact) mass is 638 g/mol. The van der Waals surface area contributed by atoms with Crippen molar-refractivity contribution in [3.05, 3.63) is 156 Å². The minimum Gasteiger partial charge on any atom is -0.310 e. The average Bonchev–Trinajstić information content (AvgIpc) is 3.41. The van der Waals surface area contributed by atoms with Crippen LogP contribution in [0.5, 0.6) is 0 Å². The summed E-state index contributed by atoms with van der Waals surface area (Å²) in [4.78, 5) is 2.42. The zero-order valence-corrected chi connectivity index (χ0v) is 30.1. The van der Waals surface area contributed by atoms with Crippen molar-refractivity contribution in [1.82, 2.24) is 4.57 Å². The molecule has 0 N–H and O–H groups in total. The molecule has 0 radical (unpaired) electrons. The molecule has 0 saturated heterocycles. The number of benzene rings is 6. The van der Waals surface area contributed by atoms with E-state index in [0.29, 0.717) is 0 Å². The fourth-order valence-electron chi connectivity index (χ4n) is 7.79. The van der Waals surface area contributed by atoms with E-state index in [2.05, 4.69) is 198 Å². The van der Waals surface area contributed by atoms with Gasteiger partial charge in [-0.05, 0) is 105 Å². The topological polar surface area (TPSA) is 8.17 Å². The summed E-state index contributed by atoms with van der Waals surface area (Å²) in [6.07, 6.45) is 0. The van der Waals surface area contributed by atoms with Crippen LogP contribution in [0.25, 0.3) is 38.6 Å². The van der Waals surface area contributed by atoms with E-state index in [9.17, 15) is 0 Å². The van der Waals surface area contributed by atoms with Gasteiger partial charge in [-0.3, -0.25) is 0 Å². The lowest BCUT2D eigenvalue weighted by Gasteiger charge is -2.42. The lowest BCUT2D eigenvalue weighted by molar-refractivity contribution is 0.590.